The first kappa shape index (κ1) is 25.4. The van der Waals surface area contributed by atoms with Gasteiger partial charge in [0.15, 0.2) is 5.82 Å². The minimum Gasteiger partial charge on any atom is -0.394 e. The van der Waals surface area contributed by atoms with Gasteiger partial charge in [-0.1, -0.05) is 29.3 Å². The van der Waals surface area contributed by atoms with Crippen LogP contribution in [0.2, 0.25) is 10.0 Å². The van der Waals surface area contributed by atoms with Crippen LogP contribution in [-0.4, -0.2) is 16.1 Å². The molecular formula is C23H14Cl4F3N3O2. The summed E-state index contributed by atoms with van der Waals surface area (Å²) < 4.78 is 39.6. The molecule has 12 heteroatoms. The van der Waals surface area contributed by atoms with Crippen LogP contribution in [0.5, 0.6) is 0 Å². The summed E-state index contributed by atoms with van der Waals surface area (Å²) in [5.74, 6) is -5.67. The van der Waals surface area contributed by atoms with Gasteiger partial charge in [-0.3, -0.25) is 9.59 Å². The summed E-state index contributed by atoms with van der Waals surface area (Å²) in [6, 6.07) is 9.88. The lowest BCUT2D eigenvalue weighted by Gasteiger charge is -2.11. The molecule has 0 radical (unpaired) electrons. The summed E-state index contributed by atoms with van der Waals surface area (Å²) >= 11 is 24.5. The zero-order valence-electron chi connectivity index (χ0n) is 17.3. The topological polar surface area (TPSA) is 84.2 Å². The number of hydrogen-bond acceptors (Lipinski definition) is 3. The quantitative estimate of drug-likeness (QED) is 0.237. The first-order chi connectivity index (χ1) is 16.4. The second kappa shape index (κ2) is 9.43. The normalized spacial score (nSPS) is 18.1. The monoisotopic (exact) mass is 561 g/mol. The average molecular weight is 563 g/mol. The molecule has 0 saturated heterocycles. The maximum atomic E-state index is 14.2. The summed E-state index contributed by atoms with van der Waals surface area (Å²) in [6.07, 6.45) is 0. The molecule has 4 rings (SSSR count). The highest BCUT2D eigenvalue weighted by Gasteiger charge is 2.67. The summed E-state index contributed by atoms with van der Waals surface area (Å²) in [6.45, 7) is 0. The molecule has 182 valence electrons. The van der Waals surface area contributed by atoms with Gasteiger partial charge < -0.3 is 16.4 Å². The molecule has 0 aromatic heterocycles. The first-order valence-electron chi connectivity index (χ1n) is 9.89. The van der Waals surface area contributed by atoms with Crippen molar-refractivity contribution in [3.8, 4) is 0 Å². The van der Waals surface area contributed by atoms with Crippen molar-refractivity contribution in [3.05, 3.63) is 87.2 Å². The van der Waals surface area contributed by atoms with E-state index in [1.54, 1.807) is 0 Å². The van der Waals surface area contributed by atoms with E-state index >= 15 is 0 Å². The van der Waals surface area contributed by atoms with Gasteiger partial charge in [-0.15, -0.1) is 23.2 Å². The Kier molecular flexibility index (Phi) is 6.85. The van der Waals surface area contributed by atoms with Crippen LogP contribution < -0.4 is 16.4 Å². The van der Waals surface area contributed by atoms with Crippen LogP contribution in [-0.2, 0) is 4.79 Å². The molecule has 0 aliphatic heterocycles. The van der Waals surface area contributed by atoms with Gasteiger partial charge in [-0.2, -0.15) is 0 Å². The fourth-order valence-corrected chi connectivity index (χ4v) is 4.85. The first-order valence-corrected chi connectivity index (χ1v) is 11.4. The molecule has 0 heterocycles. The Bertz CT molecular complexity index is 1370. The van der Waals surface area contributed by atoms with Gasteiger partial charge in [0.1, 0.15) is 21.7 Å². The molecule has 35 heavy (non-hydrogen) atoms. The van der Waals surface area contributed by atoms with Crippen LogP contribution in [0, 0.1) is 23.4 Å². The van der Waals surface area contributed by atoms with E-state index < -0.39 is 51.1 Å². The summed E-state index contributed by atoms with van der Waals surface area (Å²) in [4.78, 5) is 25.5. The van der Waals surface area contributed by atoms with E-state index in [4.69, 9.17) is 52.1 Å². The Hall–Kier alpha value is -2.65. The molecule has 5 nitrogen and oxygen atoms in total. The number of carbonyl (C=O) groups is 2. The van der Waals surface area contributed by atoms with E-state index in [2.05, 4.69) is 10.6 Å². The van der Waals surface area contributed by atoms with Crippen LogP contribution in [0.15, 0.2) is 48.5 Å². The molecule has 1 aliphatic rings. The number of anilines is 3. The zero-order valence-corrected chi connectivity index (χ0v) is 20.3. The third-order valence-electron chi connectivity index (χ3n) is 5.49. The molecule has 1 fully saturated rings. The SMILES string of the molecule is Nc1c(F)ccc(NC(=O)c2cc(NC(=O)[C@H]3[C@H](c4ccc(F)c(Cl)c4)C3(Cl)Cl)ccc2Cl)c1F. The summed E-state index contributed by atoms with van der Waals surface area (Å²) in [7, 11) is 0. The molecule has 3 aromatic rings. The molecule has 3 aromatic carbocycles. The van der Waals surface area contributed by atoms with Crippen LogP contribution in [0.3, 0.4) is 0 Å². The smallest absolute Gasteiger partial charge is 0.257 e. The van der Waals surface area contributed by atoms with Gasteiger partial charge in [0.2, 0.25) is 5.91 Å². The third-order valence-corrected chi connectivity index (χ3v) is 7.05. The lowest BCUT2D eigenvalue weighted by atomic mass is 10.1. The van der Waals surface area contributed by atoms with Crippen LogP contribution in [0.25, 0.3) is 0 Å². The molecular weight excluding hydrogens is 549 g/mol. The summed E-state index contributed by atoms with van der Waals surface area (Å²) in [5.41, 5.74) is 4.76. The Morgan fingerprint density at radius 3 is 2.26 bits per heavy atom. The second-order valence-electron chi connectivity index (χ2n) is 7.76. The minimum absolute atomic E-state index is 0.00489. The number of carbonyl (C=O) groups excluding carboxylic acids is 2. The molecule has 0 bridgehead atoms. The number of hydrogen-bond donors (Lipinski definition) is 3. The fraction of sp³-hybridized carbons (Fsp3) is 0.130. The van der Waals surface area contributed by atoms with Crippen molar-refractivity contribution in [1.29, 1.82) is 0 Å². The predicted octanol–water partition coefficient (Wildman–Crippen LogP) is 6.77. The maximum Gasteiger partial charge on any atom is 0.257 e. The number of benzene rings is 3. The van der Waals surface area contributed by atoms with E-state index in [-0.39, 0.29) is 27.0 Å². The molecule has 2 amide bonds. The molecule has 1 saturated carbocycles. The van der Waals surface area contributed by atoms with Gasteiger partial charge in [-0.05, 0) is 48.0 Å². The highest BCUT2D eigenvalue weighted by Crippen LogP contribution is 2.65. The molecule has 0 spiro atoms. The van der Waals surface area contributed by atoms with E-state index in [9.17, 15) is 22.8 Å². The number of rotatable bonds is 5. The van der Waals surface area contributed by atoms with E-state index in [0.29, 0.717) is 5.56 Å². The average Bonchev–Trinajstić information content (AvgIpc) is 3.39. The highest BCUT2D eigenvalue weighted by molar-refractivity contribution is 6.53. The molecule has 4 N–H and O–H groups in total. The van der Waals surface area contributed by atoms with Crippen LogP contribution >= 0.6 is 46.4 Å². The maximum absolute atomic E-state index is 14.2. The number of amides is 2. The van der Waals surface area contributed by atoms with Gasteiger partial charge in [0.05, 0.1) is 27.2 Å². The number of nitrogen functional groups attached to an aromatic ring is 1. The fourth-order valence-electron chi connectivity index (χ4n) is 3.63. The summed E-state index contributed by atoms with van der Waals surface area (Å²) in [5, 5.41) is 4.73. The van der Waals surface area contributed by atoms with Crippen molar-refractivity contribution in [2.24, 2.45) is 5.92 Å². The Morgan fingerprint density at radius 2 is 1.57 bits per heavy atom. The van der Waals surface area contributed by atoms with Gasteiger partial charge >= 0.3 is 0 Å². The Labute approximate surface area is 217 Å². The van der Waals surface area contributed by atoms with E-state index in [1.165, 1.54) is 30.3 Å². The second-order valence-corrected chi connectivity index (χ2v) is 10.0. The molecule has 0 unspecified atom stereocenters. The van der Waals surface area contributed by atoms with E-state index in [1.807, 2.05) is 0 Å². The van der Waals surface area contributed by atoms with Crippen molar-refractivity contribution in [3.63, 3.8) is 0 Å². The number of alkyl halides is 2. The zero-order chi connectivity index (χ0) is 25.7. The highest BCUT2D eigenvalue weighted by atomic mass is 35.5. The molecule has 2 atom stereocenters. The number of nitrogens with two attached hydrogens (primary N) is 1. The minimum atomic E-state index is -1.46. The number of halogens is 7. The lowest BCUT2D eigenvalue weighted by molar-refractivity contribution is -0.117. The lowest BCUT2D eigenvalue weighted by Crippen LogP contribution is -2.18. The molecule has 1 aliphatic carbocycles. The van der Waals surface area contributed by atoms with Gasteiger partial charge in [0, 0.05) is 11.6 Å². The Morgan fingerprint density at radius 1 is 0.886 bits per heavy atom. The van der Waals surface area contributed by atoms with Crippen LogP contribution in [0.1, 0.15) is 21.8 Å². The third kappa shape index (κ3) is 4.89. The van der Waals surface area contributed by atoms with Crippen molar-refractivity contribution in [1.82, 2.24) is 0 Å². The van der Waals surface area contributed by atoms with Crippen molar-refractivity contribution >= 4 is 75.3 Å². The van der Waals surface area contributed by atoms with Crippen molar-refractivity contribution in [2.75, 3.05) is 16.4 Å². The van der Waals surface area contributed by atoms with Gasteiger partial charge in [-0.25, -0.2) is 13.2 Å². The van der Waals surface area contributed by atoms with Gasteiger partial charge in [0.25, 0.3) is 5.91 Å². The Balaban J connectivity index is 1.52. The standard InChI is InChI=1S/C23H14Cl4F3N3O2/c24-12-3-2-10(8-11(12)21(34)33-16-6-5-15(29)20(31)19(16)30)32-22(35)18-17(23(18,26)27)9-1-4-14(28)13(25)7-9/h1-8,17-18H,31H2,(H,32,35)(H,33,34)/t17-,18+/m0/s1. The number of nitrogens with one attached hydrogen (secondary N) is 2. The van der Waals surface area contributed by atoms with Crippen LogP contribution in [0.4, 0.5) is 30.2 Å². The van der Waals surface area contributed by atoms with Crippen molar-refractivity contribution < 1.29 is 22.8 Å². The largest absolute Gasteiger partial charge is 0.394 e. The van der Waals surface area contributed by atoms with E-state index in [0.717, 1.165) is 18.2 Å². The van der Waals surface area contributed by atoms with Crippen molar-refractivity contribution in [2.45, 2.75) is 10.3 Å². The predicted molar refractivity (Wildman–Crippen MR) is 131 cm³/mol.